The van der Waals surface area contributed by atoms with E-state index in [1.165, 1.54) is 6.26 Å². The molecular formula is C16H22N4O2. The van der Waals surface area contributed by atoms with Gasteiger partial charge in [-0.2, -0.15) is 0 Å². The number of nitrogens with two attached hydrogens (primary N) is 1. The first-order valence-corrected chi connectivity index (χ1v) is 7.46. The van der Waals surface area contributed by atoms with Gasteiger partial charge in [0, 0.05) is 18.8 Å². The van der Waals surface area contributed by atoms with Gasteiger partial charge in [0.05, 0.1) is 5.56 Å². The van der Waals surface area contributed by atoms with Crippen LogP contribution in [-0.4, -0.2) is 42.0 Å². The molecule has 0 saturated carbocycles. The largest absolute Gasteiger partial charge is 0.444 e. The number of aromatic nitrogens is 1. The Morgan fingerprint density at radius 1 is 1.32 bits per heavy atom. The molecule has 0 aliphatic rings. The highest BCUT2D eigenvalue weighted by Crippen LogP contribution is 2.24. The Morgan fingerprint density at radius 3 is 2.73 bits per heavy atom. The van der Waals surface area contributed by atoms with Crippen molar-refractivity contribution in [2.45, 2.75) is 13.8 Å². The van der Waals surface area contributed by atoms with Gasteiger partial charge in [0.1, 0.15) is 6.26 Å². The Balaban J connectivity index is 1.96. The summed E-state index contributed by atoms with van der Waals surface area (Å²) >= 11 is 0. The van der Waals surface area contributed by atoms with E-state index >= 15 is 0 Å². The molecule has 0 bridgehead atoms. The van der Waals surface area contributed by atoms with Crippen LogP contribution in [0.15, 0.2) is 34.9 Å². The minimum absolute atomic E-state index is 0.239. The van der Waals surface area contributed by atoms with E-state index in [9.17, 15) is 4.79 Å². The quantitative estimate of drug-likeness (QED) is 0.764. The second kappa shape index (κ2) is 7.61. The third kappa shape index (κ3) is 3.85. The smallest absolute Gasteiger partial charge is 0.273 e. The maximum atomic E-state index is 12.0. The van der Waals surface area contributed by atoms with Crippen molar-refractivity contribution in [2.24, 2.45) is 0 Å². The van der Waals surface area contributed by atoms with Gasteiger partial charge in [0.2, 0.25) is 5.89 Å². The zero-order valence-electron chi connectivity index (χ0n) is 13.0. The number of rotatable bonds is 7. The van der Waals surface area contributed by atoms with Crippen molar-refractivity contribution in [1.29, 1.82) is 0 Å². The first-order valence-electron chi connectivity index (χ1n) is 7.46. The molecular weight excluding hydrogens is 280 g/mol. The number of amides is 1. The standard InChI is InChI=1S/C16H22N4O2/c1-3-20(4-2)10-9-18-15(21)14-11-22-16(19-14)12-7-5-6-8-13(12)17/h5-8,11H,3-4,9-10,17H2,1-2H3,(H,18,21). The lowest BCUT2D eigenvalue weighted by atomic mass is 10.2. The highest BCUT2D eigenvalue weighted by atomic mass is 16.3. The first kappa shape index (κ1) is 16.0. The summed E-state index contributed by atoms with van der Waals surface area (Å²) in [5, 5.41) is 2.84. The van der Waals surface area contributed by atoms with Crippen molar-refractivity contribution >= 4 is 11.6 Å². The second-order valence-corrected chi connectivity index (χ2v) is 4.91. The Labute approximate surface area is 130 Å². The molecule has 6 nitrogen and oxygen atoms in total. The van der Waals surface area contributed by atoms with Gasteiger partial charge in [-0.05, 0) is 25.2 Å². The molecule has 2 rings (SSSR count). The summed E-state index contributed by atoms with van der Waals surface area (Å²) in [7, 11) is 0. The van der Waals surface area contributed by atoms with E-state index < -0.39 is 0 Å². The number of nitrogen functional groups attached to an aromatic ring is 1. The van der Waals surface area contributed by atoms with Crippen LogP contribution in [0, 0.1) is 0 Å². The Bertz CT molecular complexity index is 620. The number of anilines is 1. The number of hydrogen-bond donors (Lipinski definition) is 2. The average molecular weight is 302 g/mol. The third-order valence-electron chi connectivity index (χ3n) is 3.54. The normalized spacial score (nSPS) is 10.9. The van der Waals surface area contributed by atoms with Gasteiger partial charge in [-0.25, -0.2) is 4.98 Å². The number of carbonyl (C=O) groups is 1. The van der Waals surface area contributed by atoms with Gasteiger partial charge in [0.25, 0.3) is 5.91 Å². The van der Waals surface area contributed by atoms with Crippen LogP contribution in [0.3, 0.4) is 0 Å². The third-order valence-corrected chi connectivity index (χ3v) is 3.54. The van der Waals surface area contributed by atoms with Crippen molar-refractivity contribution in [1.82, 2.24) is 15.2 Å². The molecule has 0 aliphatic heterocycles. The number of benzene rings is 1. The summed E-state index contributed by atoms with van der Waals surface area (Å²) in [4.78, 5) is 18.5. The molecule has 6 heteroatoms. The summed E-state index contributed by atoms with van der Waals surface area (Å²) in [5.41, 5.74) is 7.39. The number of hydrogen-bond acceptors (Lipinski definition) is 5. The number of para-hydroxylation sites is 1. The molecule has 0 aliphatic carbocycles. The molecule has 22 heavy (non-hydrogen) atoms. The van der Waals surface area contributed by atoms with Crippen LogP contribution in [-0.2, 0) is 0 Å². The van der Waals surface area contributed by atoms with E-state index in [4.69, 9.17) is 10.2 Å². The van der Waals surface area contributed by atoms with E-state index in [1.807, 2.05) is 18.2 Å². The summed E-state index contributed by atoms with van der Waals surface area (Å²) in [6.45, 7) is 7.52. The van der Waals surface area contributed by atoms with Crippen LogP contribution >= 0.6 is 0 Å². The molecule has 1 aromatic carbocycles. The fraction of sp³-hybridized carbons (Fsp3) is 0.375. The monoisotopic (exact) mass is 302 g/mol. The number of nitrogens with zero attached hydrogens (tertiary/aromatic N) is 2. The summed E-state index contributed by atoms with van der Waals surface area (Å²) < 4.78 is 5.36. The van der Waals surface area contributed by atoms with Gasteiger partial charge >= 0.3 is 0 Å². The molecule has 0 spiro atoms. The molecule has 3 N–H and O–H groups in total. The number of carbonyl (C=O) groups excluding carboxylic acids is 1. The van der Waals surface area contributed by atoms with Crippen molar-refractivity contribution in [2.75, 3.05) is 31.9 Å². The van der Waals surface area contributed by atoms with E-state index in [1.54, 1.807) is 6.07 Å². The van der Waals surface area contributed by atoms with E-state index in [0.29, 0.717) is 23.7 Å². The number of oxazole rings is 1. The molecule has 118 valence electrons. The summed E-state index contributed by atoms with van der Waals surface area (Å²) in [5.74, 6) is 0.114. The van der Waals surface area contributed by atoms with Crippen LogP contribution in [0.1, 0.15) is 24.3 Å². The van der Waals surface area contributed by atoms with Crippen molar-refractivity contribution in [3.63, 3.8) is 0 Å². The van der Waals surface area contributed by atoms with Crippen LogP contribution in [0.25, 0.3) is 11.5 Å². The Kier molecular flexibility index (Phi) is 5.55. The lowest BCUT2D eigenvalue weighted by Gasteiger charge is -2.17. The lowest BCUT2D eigenvalue weighted by molar-refractivity contribution is 0.0944. The van der Waals surface area contributed by atoms with E-state index in [2.05, 4.69) is 29.0 Å². The maximum Gasteiger partial charge on any atom is 0.273 e. The highest BCUT2D eigenvalue weighted by Gasteiger charge is 2.14. The van der Waals surface area contributed by atoms with E-state index in [0.717, 1.165) is 19.6 Å². The molecule has 0 unspecified atom stereocenters. The minimum atomic E-state index is -0.239. The highest BCUT2D eigenvalue weighted by molar-refractivity contribution is 5.92. The molecule has 1 aromatic heterocycles. The van der Waals surface area contributed by atoms with Gasteiger partial charge < -0.3 is 20.4 Å². The molecule has 0 saturated heterocycles. The zero-order chi connectivity index (χ0) is 15.9. The van der Waals surface area contributed by atoms with Gasteiger partial charge in [-0.1, -0.05) is 26.0 Å². The predicted octanol–water partition coefficient (Wildman–Crippen LogP) is 2.00. The topological polar surface area (TPSA) is 84.4 Å². The van der Waals surface area contributed by atoms with Crippen molar-refractivity contribution in [3.05, 3.63) is 36.2 Å². The summed E-state index contributed by atoms with van der Waals surface area (Å²) in [6.07, 6.45) is 1.36. The number of likely N-dealkylation sites (N-methyl/N-ethyl adjacent to an activating group) is 1. The molecule has 1 amide bonds. The van der Waals surface area contributed by atoms with Gasteiger partial charge in [-0.3, -0.25) is 4.79 Å². The molecule has 0 atom stereocenters. The van der Waals surface area contributed by atoms with Crippen LogP contribution in [0.2, 0.25) is 0 Å². The van der Waals surface area contributed by atoms with Crippen LogP contribution < -0.4 is 11.1 Å². The minimum Gasteiger partial charge on any atom is -0.444 e. The Hall–Kier alpha value is -2.34. The zero-order valence-corrected chi connectivity index (χ0v) is 13.0. The van der Waals surface area contributed by atoms with Crippen LogP contribution in [0.5, 0.6) is 0 Å². The first-order chi connectivity index (χ1) is 10.7. The maximum absolute atomic E-state index is 12.0. The lowest BCUT2D eigenvalue weighted by Crippen LogP contribution is -2.34. The fourth-order valence-corrected chi connectivity index (χ4v) is 2.15. The van der Waals surface area contributed by atoms with Crippen molar-refractivity contribution in [3.8, 4) is 11.5 Å². The van der Waals surface area contributed by atoms with E-state index in [-0.39, 0.29) is 11.6 Å². The predicted molar refractivity (Wildman–Crippen MR) is 86.5 cm³/mol. The molecule has 1 heterocycles. The van der Waals surface area contributed by atoms with Crippen LogP contribution in [0.4, 0.5) is 5.69 Å². The molecule has 2 aromatic rings. The molecule has 0 fully saturated rings. The fourth-order valence-electron chi connectivity index (χ4n) is 2.15. The number of nitrogens with one attached hydrogen (secondary N) is 1. The van der Waals surface area contributed by atoms with Gasteiger partial charge in [0.15, 0.2) is 5.69 Å². The molecule has 0 radical (unpaired) electrons. The second-order valence-electron chi connectivity index (χ2n) is 4.91. The average Bonchev–Trinajstić information content (AvgIpc) is 3.01. The SMILES string of the molecule is CCN(CC)CCNC(=O)c1coc(-c2ccccc2N)n1. The van der Waals surface area contributed by atoms with Crippen molar-refractivity contribution < 1.29 is 9.21 Å². The summed E-state index contributed by atoms with van der Waals surface area (Å²) in [6, 6.07) is 7.26. The Morgan fingerprint density at radius 2 is 2.05 bits per heavy atom. The van der Waals surface area contributed by atoms with Gasteiger partial charge in [-0.15, -0.1) is 0 Å².